The van der Waals surface area contributed by atoms with Crippen molar-refractivity contribution in [3.05, 3.63) is 65.0 Å². The van der Waals surface area contributed by atoms with Crippen LogP contribution in [0.15, 0.2) is 54.6 Å². The van der Waals surface area contributed by atoms with Crippen LogP contribution in [0.5, 0.6) is 5.75 Å². The van der Waals surface area contributed by atoms with Crippen molar-refractivity contribution in [1.82, 2.24) is 0 Å². The van der Waals surface area contributed by atoms with Crippen molar-refractivity contribution in [3.8, 4) is 5.75 Å². The lowest BCUT2D eigenvalue weighted by molar-refractivity contribution is 0.310. The van der Waals surface area contributed by atoms with Gasteiger partial charge in [0.15, 0.2) is 0 Å². The SMILES string of the molecule is Cc1ccc2sc(COc3ccccc3)cc2c1. The lowest BCUT2D eigenvalue weighted by Gasteiger charge is -2.02. The van der Waals surface area contributed by atoms with Gasteiger partial charge in [0.2, 0.25) is 0 Å². The zero-order valence-corrected chi connectivity index (χ0v) is 11.0. The van der Waals surface area contributed by atoms with Gasteiger partial charge in [-0.15, -0.1) is 11.3 Å². The molecule has 0 radical (unpaired) electrons. The molecule has 0 saturated heterocycles. The lowest BCUT2D eigenvalue weighted by Crippen LogP contribution is -1.91. The molecule has 0 aliphatic heterocycles. The van der Waals surface area contributed by atoms with Crippen LogP contribution >= 0.6 is 11.3 Å². The van der Waals surface area contributed by atoms with E-state index in [9.17, 15) is 0 Å². The predicted molar refractivity (Wildman–Crippen MR) is 77.3 cm³/mol. The number of para-hydroxylation sites is 1. The minimum atomic E-state index is 0.641. The number of hydrogen-bond acceptors (Lipinski definition) is 2. The molecule has 0 bridgehead atoms. The normalized spacial score (nSPS) is 10.7. The Labute approximate surface area is 111 Å². The van der Waals surface area contributed by atoms with Crippen molar-refractivity contribution in [3.63, 3.8) is 0 Å². The standard InChI is InChI=1S/C16H14OS/c1-12-7-8-16-13(9-12)10-15(18-16)11-17-14-5-3-2-4-6-14/h2-10H,11H2,1H3. The summed E-state index contributed by atoms with van der Waals surface area (Å²) in [6, 6.07) is 18.7. The van der Waals surface area contributed by atoms with Gasteiger partial charge >= 0.3 is 0 Å². The number of thiophene rings is 1. The molecule has 0 atom stereocenters. The third-order valence-corrected chi connectivity index (χ3v) is 3.94. The maximum Gasteiger partial charge on any atom is 0.122 e. The average molecular weight is 254 g/mol. The molecule has 3 aromatic rings. The van der Waals surface area contributed by atoms with Crippen molar-refractivity contribution in [1.29, 1.82) is 0 Å². The lowest BCUT2D eigenvalue weighted by atomic mass is 10.2. The van der Waals surface area contributed by atoms with Crippen LogP contribution in [0.1, 0.15) is 10.4 Å². The molecule has 3 rings (SSSR count). The molecule has 1 aromatic heterocycles. The molecule has 0 spiro atoms. The summed E-state index contributed by atoms with van der Waals surface area (Å²) in [6.07, 6.45) is 0. The van der Waals surface area contributed by atoms with E-state index in [0.29, 0.717) is 6.61 Å². The Morgan fingerprint density at radius 3 is 2.67 bits per heavy atom. The molecule has 90 valence electrons. The van der Waals surface area contributed by atoms with Crippen LogP contribution in [0.25, 0.3) is 10.1 Å². The van der Waals surface area contributed by atoms with E-state index < -0.39 is 0 Å². The van der Waals surface area contributed by atoms with Crippen molar-refractivity contribution in [2.45, 2.75) is 13.5 Å². The Hall–Kier alpha value is -1.80. The summed E-state index contributed by atoms with van der Waals surface area (Å²) in [5.74, 6) is 0.922. The van der Waals surface area contributed by atoms with Gasteiger partial charge in [0.25, 0.3) is 0 Å². The Bertz CT molecular complexity index is 655. The fourth-order valence-electron chi connectivity index (χ4n) is 1.96. The second kappa shape index (κ2) is 4.83. The molecule has 18 heavy (non-hydrogen) atoms. The summed E-state index contributed by atoms with van der Waals surface area (Å²) in [5, 5.41) is 1.31. The van der Waals surface area contributed by atoms with Gasteiger partial charge < -0.3 is 4.74 Å². The highest BCUT2D eigenvalue weighted by Crippen LogP contribution is 2.27. The summed E-state index contributed by atoms with van der Waals surface area (Å²) in [7, 11) is 0. The van der Waals surface area contributed by atoms with Crippen LogP contribution in [-0.4, -0.2) is 0 Å². The molecular weight excluding hydrogens is 240 g/mol. The Kier molecular flexibility index (Phi) is 3.03. The Morgan fingerprint density at radius 1 is 1.00 bits per heavy atom. The maximum atomic E-state index is 5.76. The molecular formula is C16H14OS. The molecule has 0 fully saturated rings. The van der Waals surface area contributed by atoms with E-state index in [-0.39, 0.29) is 0 Å². The molecule has 0 amide bonds. The molecule has 1 heterocycles. The fourth-order valence-corrected chi connectivity index (χ4v) is 2.92. The Morgan fingerprint density at radius 2 is 1.83 bits per heavy atom. The van der Waals surface area contributed by atoms with Crippen LogP contribution in [0.3, 0.4) is 0 Å². The van der Waals surface area contributed by atoms with Crippen LogP contribution in [0.2, 0.25) is 0 Å². The monoisotopic (exact) mass is 254 g/mol. The number of hydrogen-bond donors (Lipinski definition) is 0. The first-order valence-electron chi connectivity index (χ1n) is 5.98. The highest BCUT2D eigenvalue weighted by Gasteiger charge is 2.02. The van der Waals surface area contributed by atoms with Gasteiger partial charge in [-0.05, 0) is 36.6 Å². The summed E-state index contributed by atoms with van der Waals surface area (Å²) < 4.78 is 7.09. The maximum absolute atomic E-state index is 5.76. The van der Waals surface area contributed by atoms with Crippen LogP contribution in [-0.2, 0) is 6.61 Å². The van der Waals surface area contributed by atoms with Crippen molar-refractivity contribution >= 4 is 21.4 Å². The number of benzene rings is 2. The first-order chi connectivity index (χ1) is 8.81. The van der Waals surface area contributed by atoms with Crippen molar-refractivity contribution in [2.24, 2.45) is 0 Å². The minimum absolute atomic E-state index is 0.641. The van der Waals surface area contributed by atoms with Gasteiger partial charge in [0.1, 0.15) is 12.4 Å². The van der Waals surface area contributed by atoms with Crippen LogP contribution in [0, 0.1) is 6.92 Å². The largest absolute Gasteiger partial charge is 0.488 e. The first-order valence-corrected chi connectivity index (χ1v) is 6.80. The minimum Gasteiger partial charge on any atom is -0.488 e. The molecule has 0 saturated carbocycles. The molecule has 0 aliphatic rings. The molecule has 2 heteroatoms. The van der Waals surface area contributed by atoms with E-state index in [4.69, 9.17) is 4.74 Å². The van der Waals surface area contributed by atoms with E-state index in [1.54, 1.807) is 11.3 Å². The molecule has 1 nitrogen and oxygen atoms in total. The zero-order valence-electron chi connectivity index (χ0n) is 10.2. The highest BCUT2D eigenvalue weighted by molar-refractivity contribution is 7.19. The first kappa shape index (κ1) is 11.3. The topological polar surface area (TPSA) is 9.23 Å². The summed E-state index contributed by atoms with van der Waals surface area (Å²) in [6.45, 7) is 2.76. The van der Waals surface area contributed by atoms with Gasteiger partial charge in [-0.1, -0.05) is 35.9 Å². The van der Waals surface area contributed by atoms with Gasteiger partial charge in [-0.2, -0.15) is 0 Å². The average Bonchev–Trinajstić information content (AvgIpc) is 2.79. The molecule has 0 aliphatic carbocycles. The molecule has 0 N–H and O–H groups in total. The van der Waals surface area contributed by atoms with E-state index in [1.165, 1.54) is 20.5 Å². The Balaban J connectivity index is 1.79. The number of aryl methyl sites for hydroxylation is 1. The fraction of sp³-hybridized carbons (Fsp3) is 0.125. The van der Waals surface area contributed by atoms with Gasteiger partial charge in [-0.25, -0.2) is 0 Å². The summed E-state index contributed by atoms with van der Waals surface area (Å²) >= 11 is 1.80. The zero-order chi connectivity index (χ0) is 12.4. The van der Waals surface area contributed by atoms with E-state index in [2.05, 4.69) is 31.2 Å². The second-order valence-electron chi connectivity index (χ2n) is 4.36. The smallest absolute Gasteiger partial charge is 0.122 e. The van der Waals surface area contributed by atoms with Crippen molar-refractivity contribution in [2.75, 3.05) is 0 Å². The number of rotatable bonds is 3. The number of ether oxygens (including phenoxy) is 1. The molecule has 2 aromatic carbocycles. The van der Waals surface area contributed by atoms with E-state index in [1.807, 2.05) is 30.3 Å². The van der Waals surface area contributed by atoms with Crippen LogP contribution < -0.4 is 4.74 Å². The van der Waals surface area contributed by atoms with Crippen LogP contribution in [0.4, 0.5) is 0 Å². The van der Waals surface area contributed by atoms with E-state index in [0.717, 1.165) is 5.75 Å². The van der Waals surface area contributed by atoms with Gasteiger partial charge in [0, 0.05) is 9.58 Å². The third-order valence-electron chi connectivity index (χ3n) is 2.85. The predicted octanol–water partition coefficient (Wildman–Crippen LogP) is 4.79. The van der Waals surface area contributed by atoms with Crippen molar-refractivity contribution < 1.29 is 4.74 Å². The van der Waals surface area contributed by atoms with E-state index >= 15 is 0 Å². The quantitative estimate of drug-likeness (QED) is 0.653. The van der Waals surface area contributed by atoms with Gasteiger partial charge in [-0.3, -0.25) is 0 Å². The summed E-state index contributed by atoms with van der Waals surface area (Å²) in [5.41, 5.74) is 1.30. The number of fused-ring (bicyclic) bond motifs is 1. The second-order valence-corrected chi connectivity index (χ2v) is 5.52. The van der Waals surface area contributed by atoms with Gasteiger partial charge in [0.05, 0.1) is 0 Å². The third kappa shape index (κ3) is 2.39. The summed E-state index contributed by atoms with van der Waals surface area (Å²) in [4.78, 5) is 1.26. The molecule has 0 unspecified atom stereocenters. The highest BCUT2D eigenvalue weighted by atomic mass is 32.1.